The lowest BCUT2D eigenvalue weighted by Crippen LogP contribution is -2.41. The molecule has 0 unspecified atom stereocenters. The fourth-order valence-corrected chi connectivity index (χ4v) is 1.68. The number of fused-ring (bicyclic) bond motifs is 1. The van der Waals surface area contributed by atoms with Crippen molar-refractivity contribution in [2.24, 2.45) is 0 Å². The SMILES string of the molecule is Cl.O=C(O)[C@@H]1Cc2cc(F)c(F)cc2CN1. The molecule has 3 nitrogen and oxygen atoms in total. The van der Waals surface area contributed by atoms with Crippen molar-refractivity contribution in [1.29, 1.82) is 0 Å². The summed E-state index contributed by atoms with van der Waals surface area (Å²) in [5.74, 6) is -2.81. The summed E-state index contributed by atoms with van der Waals surface area (Å²) in [7, 11) is 0. The quantitative estimate of drug-likeness (QED) is 0.793. The number of hydrogen-bond acceptors (Lipinski definition) is 2. The molecule has 16 heavy (non-hydrogen) atoms. The Bertz CT molecular complexity index is 426. The van der Waals surface area contributed by atoms with E-state index in [-0.39, 0.29) is 25.4 Å². The third-order valence-electron chi connectivity index (χ3n) is 2.50. The zero-order valence-electron chi connectivity index (χ0n) is 8.17. The number of benzene rings is 1. The maximum Gasteiger partial charge on any atom is 0.321 e. The highest BCUT2D eigenvalue weighted by atomic mass is 35.5. The van der Waals surface area contributed by atoms with Crippen molar-refractivity contribution in [3.05, 3.63) is 34.9 Å². The maximum absolute atomic E-state index is 12.9. The van der Waals surface area contributed by atoms with E-state index in [0.29, 0.717) is 11.1 Å². The van der Waals surface area contributed by atoms with E-state index in [2.05, 4.69) is 5.32 Å². The molecule has 1 aromatic carbocycles. The van der Waals surface area contributed by atoms with Gasteiger partial charge in [-0.25, -0.2) is 8.78 Å². The third-order valence-corrected chi connectivity index (χ3v) is 2.50. The van der Waals surface area contributed by atoms with Gasteiger partial charge in [-0.2, -0.15) is 0 Å². The van der Waals surface area contributed by atoms with Crippen molar-refractivity contribution in [3.8, 4) is 0 Å². The summed E-state index contributed by atoms with van der Waals surface area (Å²) in [4.78, 5) is 10.7. The minimum absolute atomic E-state index is 0. The number of hydrogen-bond donors (Lipinski definition) is 2. The topological polar surface area (TPSA) is 49.3 Å². The van der Waals surface area contributed by atoms with Gasteiger partial charge in [0, 0.05) is 6.54 Å². The first-order valence-corrected chi connectivity index (χ1v) is 4.51. The Morgan fingerprint density at radius 3 is 2.44 bits per heavy atom. The summed E-state index contributed by atoms with van der Waals surface area (Å²) in [6.45, 7) is 0.253. The molecule has 2 N–H and O–H groups in total. The van der Waals surface area contributed by atoms with Crippen molar-refractivity contribution in [1.82, 2.24) is 5.32 Å². The van der Waals surface area contributed by atoms with Gasteiger partial charge in [0.2, 0.25) is 0 Å². The van der Waals surface area contributed by atoms with Gasteiger partial charge in [0.15, 0.2) is 11.6 Å². The number of halogens is 3. The van der Waals surface area contributed by atoms with Crippen LogP contribution < -0.4 is 5.32 Å². The van der Waals surface area contributed by atoms with Crippen LogP contribution in [-0.2, 0) is 17.8 Å². The zero-order chi connectivity index (χ0) is 11.0. The smallest absolute Gasteiger partial charge is 0.321 e. The lowest BCUT2D eigenvalue weighted by Gasteiger charge is -2.23. The van der Waals surface area contributed by atoms with E-state index in [9.17, 15) is 13.6 Å². The van der Waals surface area contributed by atoms with E-state index < -0.39 is 23.6 Å². The number of carboxylic acid groups (broad SMARTS) is 1. The number of nitrogens with one attached hydrogen (secondary N) is 1. The monoisotopic (exact) mass is 249 g/mol. The highest BCUT2D eigenvalue weighted by Crippen LogP contribution is 2.20. The standard InChI is InChI=1S/C10H9F2NO2.ClH/c11-7-1-5-3-9(10(14)15)13-4-6(5)2-8(7)12;/h1-2,9,13H,3-4H2,(H,14,15);1H/t9-;/m0./s1. The summed E-state index contributed by atoms with van der Waals surface area (Å²) in [5, 5.41) is 11.5. The lowest BCUT2D eigenvalue weighted by atomic mass is 9.95. The van der Waals surface area contributed by atoms with Crippen LogP contribution in [0.5, 0.6) is 0 Å². The summed E-state index contributed by atoms with van der Waals surface area (Å²) in [5.41, 5.74) is 1.17. The minimum atomic E-state index is -0.981. The van der Waals surface area contributed by atoms with Crippen molar-refractivity contribution < 1.29 is 18.7 Å². The predicted octanol–water partition coefficient (Wildman–Crippen LogP) is 1.49. The van der Waals surface area contributed by atoms with E-state index in [1.165, 1.54) is 0 Å². The Labute approximate surface area is 96.9 Å². The molecule has 1 heterocycles. The molecule has 1 aliphatic rings. The van der Waals surface area contributed by atoms with Crippen LogP contribution in [0, 0.1) is 11.6 Å². The largest absolute Gasteiger partial charge is 0.480 e. The molecule has 88 valence electrons. The first-order chi connectivity index (χ1) is 7.08. The van der Waals surface area contributed by atoms with Crippen molar-refractivity contribution >= 4 is 18.4 Å². The van der Waals surface area contributed by atoms with Gasteiger partial charge >= 0.3 is 5.97 Å². The number of aliphatic carboxylic acids is 1. The Morgan fingerprint density at radius 2 is 1.88 bits per heavy atom. The highest BCUT2D eigenvalue weighted by Gasteiger charge is 2.24. The van der Waals surface area contributed by atoms with Gasteiger partial charge in [-0.05, 0) is 29.7 Å². The molecule has 0 bridgehead atoms. The Balaban J connectivity index is 0.00000128. The molecule has 0 fully saturated rings. The first-order valence-electron chi connectivity index (χ1n) is 4.51. The molecular weight excluding hydrogens is 240 g/mol. The normalized spacial score (nSPS) is 18.5. The van der Waals surface area contributed by atoms with Crippen LogP contribution in [0.15, 0.2) is 12.1 Å². The molecule has 0 aromatic heterocycles. The fourth-order valence-electron chi connectivity index (χ4n) is 1.68. The van der Waals surface area contributed by atoms with Gasteiger partial charge in [0.1, 0.15) is 6.04 Å². The van der Waals surface area contributed by atoms with E-state index in [1.54, 1.807) is 0 Å². The van der Waals surface area contributed by atoms with Crippen LogP contribution in [-0.4, -0.2) is 17.1 Å². The zero-order valence-corrected chi connectivity index (χ0v) is 8.98. The molecule has 0 aliphatic carbocycles. The molecule has 0 saturated carbocycles. The van der Waals surface area contributed by atoms with Crippen LogP contribution in [0.2, 0.25) is 0 Å². The van der Waals surface area contributed by atoms with Crippen molar-refractivity contribution in [2.45, 2.75) is 19.0 Å². The average molecular weight is 250 g/mol. The van der Waals surface area contributed by atoms with Crippen LogP contribution >= 0.6 is 12.4 Å². The summed E-state index contributed by atoms with van der Waals surface area (Å²) in [6, 6.07) is 1.46. The van der Waals surface area contributed by atoms with Gasteiger partial charge < -0.3 is 10.4 Å². The van der Waals surface area contributed by atoms with E-state index >= 15 is 0 Å². The number of carboxylic acids is 1. The Hall–Kier alpha value is -1.20. The third kappa shape index (κ3) is 2.31. The predicted molar refractivity (Wildman–Crippen MR) is 55.6 cm³/mol. The minimum Gasteiger partial charge on any atom is -0.480 e. The summed E-state index contributed by atoms with van der Waals surface area (Å²) in [6.07, 6.45) is 0.182. The van der Waals surface area contributed by atoms with E-state index in [1.807, 2.05) is 0 Å². The first kappa shape index (κ1) is 12.9. The van der Waals surface area contributed by atoms with Gasteiger partial charge in [-0.3, -0.25) is 4.79 Å². The maximum atomic E-state index is 12.9. The molecule has 1 atom stereocenters. The molecule has 0 radical (unpaired) electrons. The number of rotatable bonds is 1. The molecule has 0 saturated heterocycles. The van der Waals surface area contributed by atoms with Crippen LogP contribution in [0.4, 0.5) is 8.78 Å². The second-order valence-electron chi connectivity index (χ2n) is 3.51. The van der Waals surface area contributed by atoms with E-state index in [0.717, 1.165) is 12.1 Å². The molecule has 0 amide bonds. The van der Waals surface area contributed by atoms with E-state index in [4.69, 9.17) is 5.11 Å². The summed E-state index contributed by atoms with van der Waals surface area (Å²) < 4.78 is 25.7. The van der Waals surface area contributed by atoms with Crippen LogP contribution in [0.1, 0.15) is 11.1 Å². The van der Waals surface area contributed by atoms with Gasteiger partial charge in [-0.1, -0.05) is 0 Å². The molecule has 2 rings (SSSR count). The average Bonchev–Trinajstić information content (AvgIpc) is 2.19. The fraction of sp³-hybridized carbons (Fsp3) is 0.300. The second-order valence-corrected chi connectivity index (χ2v) is 3.51. The molecular formula is C10H10ClF2NO2. The van der Waals surface area contributed by atoms with Crippen molar-refractivity contribution in [2.75, 3.05) is 0 Å². The highest BCUT2D eigenvalue weighted by molar-refractivity contribution is 5.85. The van der Waals surface area contributed by atoms with Gasteiger partial charge in [-0.15, -0.1) is 12.4 Å². The molecule has 0 spiro atoms. The Kier molecular flexibility index (Phi) is 3.83. The molecule has 6 heteroatoms. The van der Waals surface area contributed by atoms with Crippen LogP contribution in [0.25, 0.3) is 0 Å². The number of carbonyl (C=O) groups is 1. The lowest BCUT2D eigenvalue weighted by molar-refractivity contribution is -0.139. The van der Waals surface area contributed by atoms with Crippen molar-refractivity contribution in [3.63, 3.8) is 0 Å². The molecule has 1 aliphatic heterocycles. The van der Waals surface area contributed by atoms with Gasteiger partial charge in [0.05, 0.1) is 0 Å². The second kappa shape index (κ2) is 4.76. The van der Waals surface area contributed by atoms with Gasteiger partial charge in [0.25, 0.3) is 0 Å². The summed E-state index contributed by atoms with van der Waals surface area (Å²) >= 11 is 0. The molecule has 1 aromatic rings. The van der Waals surface area contributed by atoms with Crippen LogP contribution in [0.3, 0.4) is 0 Å². The Morgan fingerprint density at radius 1 is 1.31 bits per heavy atom.